The van der Waals surface area contributed by atoms with E-state index in [1.54, 1.807) is 0 Å². The lowest BCUT2D eigenvalue weighted by atomic mass is 9.86. The third kappa shape index (κ3) is 5.49. The van der Waals surface area contributed by atoms with Crippen LogP contribution in [-0.4, -0.2) is 27.9 Å². The molecule has 0 radical (unpaired) electrons. The predicted octanol–water partition coefficient (Wildman–Crippen LogP) is 3.25. The van der Waals surface area contributed by atoms with E-state index in [2.05, 4.69) is 34.8 Å². The van der Waals surface area contributed by atoms with E-state index < -0.39 is 11.7 Å². The summed E-state index contributed by atoms with van der Waals surface area (Å²) in [5.41, 5.74) is 5.18. The van der Waals surface area contributed by atoms with Gasteiger partial charge in [-0.25, -0.2) is 10.2 Å². The first-order chi connectivity index (χ1) is 10.7. The molecule has 0 aliphatic heterocycles. The molecular weight excluding hydrogens is 296 g/mol. The van der Waals surface area contributed by atoms with Gasteiger partial charge in [0.05, 0.1) is 0 Å². The minimum absolute atomic E-state index is 0.242. The Morgan fingerprint density at radius 2 is 1.91 bits per heavy atom. The highest BCUT2D eigenvalue weighted by Gasteiger charge is 2.27. The van der Waals surface area contributed by atoms with Crippen LogP contribution in [0.3, 0.4) is 0 Å². The molecule has 1 heterocycles. The summed E-state index contributed by atoms with van der Waals surface area (Å²) in [5.74, 6) is 2.11. The van der Waals surface area contributed by atoms with E-state index in [9.17, 15) is 4.79 Å². The first kappa shape index (κ1) is 17.7. The van der Waals surface area contributed by atoms with Gasteiger partial charge in [0.25, 0.3) is 0 Å². The van der Waals surface area contributed by atoms with Crippen molar-refractivity contribution in [2.24, 2.45) is 0 Å². The Hall–Kier alpha value is -1.63. The smallest absolute Gasteiger partial charge is 0.422 e. The van der Waals surface area contributed by atoms with Crippen molar-refractivity contribution in [1.82, 2.24) is 21.0 Å². The summed E-state index contributed by atoms with van der Waals surface area (Å²) in [7, 11) is 0. The normalized spacial score (nSPS) is 22.2. The van der Waals surface area contributed by atoms with E-state index in [-0.39, 0.29) is 12.0 Å². The molecule has 0 bridgehead atoms. The maximum Gasteiger partial charge on any atom is 0.422 e. The number of aromatic nitrogens is 2. The molecule has 2 rings (SSSR count). The fraction of sp³-hybridized carbons (Fsp3) is 0.812. The van der Waals surface area contributed by atoms with Gasteiger partial charge in [-0.05, 0) is 46.5 Å². The molecule has 1 aliphatic carbocycles. The molecule has 0 spiro atoms. The Kier molecular flexibility index (Phi) is 5.62. The second-order valence-corrected chi connectivity index (χ2v) is 7.47. The second-order valence-electron chi connectivity index (χ2n) is 7.47. The number of hydrogen-bond acceptors (Lipinski definition) is 6. The summed E-state index contributed by atoms with van der Waals surface area (Å²) in [6.45, 7) is 9.63. The lowest BCUT2D eigenvalue weighted by molar-refractivity contribution is 0.0481. The Bertz CT molecular complexity index is 514. The van der Waals surface area contributed by atoms with Crippen molar-refractivity contribution in [2.75, 3.05) is 0 Å². The molecule has 130 valence electrons. The van der Waals surface area contributed by atoms with Crippen molar-refractivity contribution in [3.05, 3.63) is 11.7 Å². The molecule has 0 atom stereocenters. The number of rotatable bonds is 4. The third-order valence-electron chi connectivity index (χ3n) is 3.83. The molecule has 1 aromatic rings. The van der Waals surface area contributed by atoms with Gasteiger partial charge in [0.2, 0.25) is 5.89 Å². The summed E-state index contributed by atoms with van der Waals surface area (Å²) < 4.78 is 10.6. The number of amides is 1. The summed E-state index contributed by atoms with van der Waals surface area (Å²) >= 11 is 0. The van der Waals surface area contributed by atoms with E-state index in [0.29, 0.717) is 5.92 Å². The Morgan fingerprint density at radius 3 is 2.43 bits per heavy atom. The highest BCUT2D eigenvalue weighted by molar-refractivity contribution is 5.67. The Balaban J connectivity index is 1.74. The molecule has 0 unspecified atom stereocenters. The summed E-state index contributed by atoms with van der Waals surface area (Å²) in [5, 5.41) is 4.03. The average molecular weight is 324 g/mol. The number of ether oxygens (including phenoxy) is 1. The Labute approximate surface area is 137 Å². The zero-order valence-corrected chi connectivity index (χ0v) is 14.7. The minimum atomic E-state index is -0.491. The van der Waals surface area contributed by atoms with Crippen LogP contribution in [0.5, 0.6) is 0 Å². The van der Waals surface area contributed by atoms with Gasteiger partial charge in [0, 0.05) is 17.9 Å². The van der Waals surface area contributed by atoms with E-state index in [1.807, 2.05) is 20.8 Å². The van der Waals surface area contributed by atoms with Crippen molar-refractivity contribution < 1.29 is 14.1 Å². The number of carbonyl (C=O) groups is 1. The summed E-state index contributed by atoms with van der Waals surface area (Å²) in [4.78, 5) is 16.1. The molecule has 1 aromatic heterocycles. The van der Waals surface area contributed by atoms with E-state index in [4.69, 9.17) is 9.26 Å². The summed E-state index contributed by atoms with van der Waals surface area (Å²) in [6.07, 6.45) is 3.37. The van der Waals surface area contributed by atoms with Gasteiger partial charge in [0.15, 0.2) is 5.82 Å². The molecule has 0 aromatic carbocycles. The van der Waals surface area contributed by atoms with Crippen LogP contribution in [0.15, 0.2) is 4.52 Å². The second kappa shape index (κ2) is 7.29. The highest BCUT2D eigenvalue weighted by Crippen LogP contribution is 2.32. The van der Waals surface area contributed by atoms with Crippen LogP contribution in [0, 0.1) is 0 Å². The van der Waals surface area contributed by atoms with E-state index in [1.165, 1.54) is 0 Å². The molecular formula is C16H28N4O3. The third-order valence-corrected chi connectivity index (χ3v) is 3.83. The van der Waals surface area contributed by atoms with Gasteiger partial charge in [-0.1, -0.05) is 19.0 Å². The molecule has 1 aliphatic rings. The van der Waals surface area contributed by atoms with Gasteiger partial charge < -0.3 is 9.26 Å². The van der Waals surface area contributed by atoms with Gasteiger partial charge in [-0.15, -0.1) is 0 Å². The van der Waals surface area contributed by atoms with Gasteiger partial charge in [-0.2, -0.15) is 4.98 Å². The van der Waals surface area contributed by atoms with Crippen LogP contribution in [0.25, 0.3) is 0 Å². The van der Waals surface area contributed by atoms with Crippen LogP contribution < -0.4 is 10.9 Å². The quantitative estimate of drug-likeness (QED) is 0.826. The maximum atomic E-state index is 11.6. The molecule has 7 nitrogen and oxygen atoms in total. The van der Waals surface area contributed by atoms with Crippen molar-refractivity contribution in [3.63, 3.8) is 0 Å². The lowest BCUT2D eigenvalue weighted by Gasteiger charge is -2.28. The number of carbonyl (C=O) groups excluding carboxylic acids is 1. The largest absolute Gasteiger partial charge is 0.443 e. The fourth-order valence-electron chi connectivity index (χ4n) is 2.60. The average Bonchev–Trinajstić information content (AvgIpc) is 2.94. The number of nitrogens with one attached hydrogen (secondary N) is 2. The molecule has 1 amide bonds. The van der Waals surface area contributed by atoms with Gasteiger partial charge in [0.1, 0.15) is 5.60 Å². The molecule has 23 heavy (non-hydrogen) atoms. The summed E-state index contributed by atoms with van der Waals surface area (Å²) in [6, 6.07) is 0.242. The fourth-order valence-corrected chi connectivity index (χ4v) is 2.60. The lowest BCUT2D eigenvalue weighted by Crippen LogP contribution is -2.47. The SMILES string of the molecule is CC(C)c1noc([C@H]2CC[C@H](NNC(=O)OC(C)(C)C)CC2)n1. The van der Waals surface area contributed by atoms with Crippen LogP contribution in [0.2, 0.25) is 0 Å². The number of nitrogens with zero attached hydrogens (tertiary/aromatic N) is 2. The van der Waals surface area contributed by atoms with Gasteiger partial charge in [-0.3, -0.25) is 5.43 Å². The molecule has 1 saturated carbocycles. The van der Waals surface area contributed by atoms with Gasteiger partial charge >= 0.3 is 6.09 Å². The first-order valence-electron chi connectivity index (χ1n) is 8.32. The van der Waals surface area contributed by atoms with Crippen molar-refractivity contribution in [3.8, 4) is 0 Å². The van der Waals surface area contributed by atoms with Crippen LogP contribution >= 0.6 is 0 Å². The molecule has 2 N–H and O–H groups in total. The van der Waals surface area contributed by atoms with Crippen molar-refractivity contribution in [2.45, 2.75) is 83.8 Å². The van der Waals surface area contributed by atoms with Crippen LogP contribution in [0.4, 0.5) is 4.79 Å². The van der Waals surface area contributed by atoms with Crippen molar-refractivity contribution in [1.29, 1.82) is 0 Å². The predicted molar refractivity (Wildman–Crippen MR) is 85.9 cm³/mol. The van der Waals surface area contributed by atoms with E-state index in [0.717, 1.165) is 37.4 Å². The zero-order valence-electron chi connectivity index (χ0n) is 14.7. The van der Waals surface area contributed by atoms with E-state index >= 15 is 0 Å². The van der Waals surface area contributed by atoms with Crippen LogP contribution in [-0.2, 0) is 4.74 Å². The van der Waals surface area contributed by atoms with Crippen LogP contribution in [0.1, 0.15) is 83.9 Å². The monoisotopic (exact) mass is 324 g/mol. The Morgan fingerprint density at radius 1 is 1.26 bits per heavy atom. The standard InChI is InChI=1S/C16H28N4O3/c1-10(2)13-17-14(23-20-13)11-6-8-12(9-7-11)18-19-15(21)22-16(3,4)5/h10-12,18H,6-9H2,1-5H3,(H,19,21)/t11-,12-. The minimum Gasteiger partial charge on any atom is -0.443 e. The number of hydrazine groups is 1. The highest BCUT2D eigenvalue weighted by atomic mass is 16.6. The molecule has 7 heteroatoms. The maximum absolute atomic E-state index is 11.6. The first-order valence-corrected chi connectivity index (χ1v) is 8.32. The molecule has 1 fully saturated rings. The molecule has 0 saturated heterocycles. The van der Waals surface area contributed by atoms with Crippen molar-refractivity contribution >= 4 is 6.09 Å². The zero-order chi connectivity index (χ0) is 17.0. The topological polar surface area (TPSA) is 89.3 Å². The number of hydrogen-bond donors (Lipinski definition) is 2.